The molecule has 1 heterocycles. The lowest BCUT2D eigenvalue weighted by Gasteiger charge is -2.26. The van der Waals surface area contributed by atoms with Crippen LogP contribution in [-0.4, -0.2) is 22.7 Å². The Labute approximate surface area is 120 Å². The third-order valence-corrected chi connectivity index (χ3v) is 3.62. The molecule has 1 aromatic heterocycles. The molecule has 0 amide bonds. The standard InChI is InChI=1S/C14H16F3N3O/c15-14(16,17)12-5-4-10(7-18)13(20-12)19-8-9-2-1-3-11(21)6-9/h4-5,9,11,21H,1-3,6,8H2,(H,19,20). The number of aromatic nitrogens is 1. The van der Waals surface area contributed by atoms with Gasteiger partial charge in [-0.3, -0.25) is 0 Å². The van der Waals surface area contributed by atoms with Crippen LogP contribution in [0.25, 0.3) is 0 Å². The van der Waals surface area contributed by atoms with E-state index in [1.807, 2.05) is 6.07 Å². The number of anilines is 1. The predicted octanol–water partition coefficient (Wildman–Crippen LogP) is 2.94. The van der Waals surface area contributed by atoms with Gasteiger partial charge in [-0.05, 0) is 37.3 Å². The lowest BCUT2D eigenvalue weighted by atomic mass is 9.87. The Morgan fingerprint density at radius 3 is 2.76 bits per heavy atom. The Balaban J connectivity index is 2.09. The van der Waals surface area contributed by atoms with Crippen molar-refractivity contribution >= 4 is 5.82 Å². The minimum atomic E-state index is -4.54. The van der Waals surface area contributed by atoms with Crippen molar-refractivity contribution < 1.29 is 18.3 Å². The number of alkyl halides is 3. The Hall–Kier alpha value is -1.81. The molecule has 1 aliphatic carbocycles. The Morgan fingerprint density at radius 1 is 1.38 bits per heavy atom. The van der Waals surface area contributed by atoms with Gasteiger partial charge in [0.1, 0.15) is 17.6 Å². The molecule has 4 nitrogen and oxygen atoms in total. The van der Waals surface area contributed by atoms with E-state index in [-0.39, 0.29) is 23.4 Å². The molecule has 2 N–H and O–H groups in total. The van der Waals surface area contributed by atoms with Crippen LogP contribution < -0.4 is 5.32 Å². The fraction of sp³-hybridized carbons (Fsp3) is 0.571. The maximum atomic E-state index is 12.6. The van der Waals surface area contributed by atoms with Gasteiger partial charge in [0.05, 0.1) is 11.7 Å². The summed E-state index contributed by atoms with van der Waals surface area (Å²) < 4.78 is 37.9. The first-order valence-corrected chi connectivity index (χ1v) is 6.80. The van der Waals surface area contributed by atoms with E-state index in [1.54, 1.807) is 0 Å². The second-order valence-corrected chi connectivity index (χ2v) is 5.27. The number of hydrogen-bond acceptors (Lipinski definition) is 4. The second-order valence-electron chi connectivity index (χ2n) is 5.27. The number of rotatable bonds is 3. The quantitative estimate of drug-likeness (QED) is 0.900. The van der Waals surface area contributed by atoms with Gasteiger partial charge in [0.15, 0.2) is 0 Å². The molecule has 114 valence electrons. The van der Waals surface area contributed by atoms with Crippen molar-refractivity contribution in [3.63, 3.8) is 0 Å². The van der Waals surface area contributed by atoms with Crippen LogP contribution in [-0.2, 0) is 6.18 Å². The monoisotopic (exact) mass is 299 g/mol. The molecule has 0 bridgehead atoms. The summed E-state index contributed by atoms with van der Waals surface area (Å²) in [5.74, 6) is 0.129. The second kappa shape index (κ2) is 6.31. The summed E-state index contributed by atoms with van der Waals surface area (Å²) in [5.41, 5.74) is -0.938. The topological polar surface area (TPSA) is 68.9 Å². The van der Waals surface area contributed by atoms with Gasteiger partial charge in [0, 0.05) is 6.54 Å². The lowest BCUT2D eigenvalue weighted by Crippen LogP contribution is -2.25. The van der Waals surface area contributed by atoms with E-state index >= 15 is 0 Å². The average Bonchev–Trinajstić information content (AvgIpc) is 2.44. The minimum absolute atomic E-state index is 0.0487. The highest BCUT2D eigenvalue weighted by atomic mass is 19.4. The molecule has 0 spiro atoms. The van der Waals surface area contributed by atoms with Gasteiger partial charge in [-0.15, -0.1) is 0 Å². The van der Waals surface area contributed by atoms with Crippen LogP contribution in [0.3, 0.4) is 0 Å². The van der Waals surface area contributed by atoms with Crippen LogP contribution in [0.15, 0.2) is 12.1 Å². The van der Waals surface area contributed by atoms with Gasteiger partial charge in [0.2, 0.25) is 0 Å². The van der Waals surface area contributed by atoms with Crippen LogP contribution in [0.2, 0.25) is 0 Å². The number of nitriles is 1. The minimum Gasteiger partial charge on any atom is -0.393 e. The Kier molecular flexibility index (Phi) is 4.68. The summed E-state index contributed by atoms with van der Waals surface area (Å²) in [4.78, 5) is 3.50. The summed E-state index contributed by atoms with van der Waals surface area (Å²) >= 11 is 0. The first-order chi connectivity index (χ1) is 9.90. The molecule has 2 atom stereocenters. The Bertz CT molecular complexity index is 539. The third kappa shape index (κ3) is 4.08. The van der Waals surface area contributed by atoms with Crippen molar-refractivity contribution in [1.29, 1.82) is 5.26 Å². The van der Waals surface area contributed by atoms with E-state index in [4.69, 9.17) is 5.26 Å². The van der Waals surface area contributed by atoms with Crippen LogP contribution >= 0.6 is 0 Å². The smallest absolute Gasteiger partial charge is 0.393 e. The number of halogens is 3. The van der Waals surface area contributed by atoms with Crippen molar-refractivity contribution in [2.75, 3.05) is 11.9 Å². The SMILES string of the molecule is N#Cc1ccc(C(F)(F)F)nc1NCC1CCCC(O)C1. The highest BCUT2D eigenvalue weighted by molar-refractivity contribution is 5.52. The van der Waals surface area contributed by atoms with Crippen molar-refractivity contribution in [1.82, 2.24) is 4.98 Å². The zero-order valence-corrected chi connectivity index (χ0v) is 11.3. The van der Waals surface area contributed by atoms with Gasteiger partial charge in [-0.1, -0.05) is 6.42 Å². The molecule has 1 fully saturated rings. The third-order valence-electron chi connectivity index (χ3n) is 3.62. The maximum absolute atomic E-state index is 12.6. The molecule has 0 radical (unpaired) electrons. The largest absolute Gasteiger partial charge is 0.433 e. The zero-order valence-electron chi connectivity index (χ0n) is 11.3. The molecular weight excluding hydrogens is 283 g/mol. The molecule has 21 heavy (non-hydrogen) atoms. The van der Waals surface area contributed by atoms with E-state index in [0.717, 1.165) is 31.4 Å². The van der Waals surface area contributed by atoms with Crippen LogP contribution in [0.4, 0.5) is 19.0 Å². The average molecular weight is 299 g/mol. The van der Waals surface area contributed by atoms with Gasteiger partial charge < -0.3 is 10.4 Å². The fourth-order valence-electron chi connectivity index (χ4n) is 2.53. The van der Waals surface area contributed by atoms with E-state index < -0.39 is 11.9 Å². The summed E-state index contributed by atoms with van der Waals surface area (Å²) in [6.07, 6.45) is -1.70. The molecule has 0 aliphatic heterocycles. The van der Waals surface area contributed by atoms with Crippen molar-refractivity contribution in [3.05, 3.63) is 23.4 Å². The molecule has 1 saturated carbocycles. The lowest BCUT2D eigenvalue weighted by molar-refractivity contribution is -0.141. The van der Waals surface area contributed by atoms with Gasteiger partial charge >= 0.3 is 6.18 Å². The van der Waals surface area contributed by atoms with Crippen molar-refractivity contribution in [2.45, 2.75) is 38.0 Å². The molecule has 1 aromatic rings. The molecule has 1 aliphatic rings. The summed E-state index contributed by atoms with van der Waals surface area (Å²) in [7, 11) is 0. The summed E-state index contributed by atoms with van der Waals surface area (Å²) in [6.45, 7) is 0.403. The molecule has 2 unspecified atom stereocenters. The van der Waals surface area contributed by atoms with Crippen LogP contribution in [0, 0.1) is 17.2 Å². The zero-order chi connectivity index (χ0) is 15.5. The van der Waals surface area contributed by atoms with E-state index in [0.29, 0.717) is 13.0 Å². The predicted molar refractivity (Wildman–Crippen MR) is 70.4 cm³/mol. The molecule has 2 rings (SSSR count). The van der Waals surface area contributed by atoms with Gasteiger partial charge in [0.25, 0.3) is 0 Å². The van der Waals surface area contributed by atoms with E-state index in [2.05, 4.69) is 10.3 Å². The number of nitrogens with zero attached hydrogens (tertiary/aromatic N) is 2. The van der Waals surface area contributed by atoms with Gasteiger partial charge in [-0.25, -0.2) is 4.98 Å². The van der Waals surface area contributed by atoms with Crippen molar-refractivity contribution in [3.8, 4) is 6.07 Å². The van der Waals surface area contributed by atoms with E-state index in [1.165, 1.54) is 0 Å². The fourth-order valence-corrected chi connectivity index (χ4v) is 2.53. The molecular formula is C14H16F3N3O. The first-order valence-electron chi connectivity index (χ1n) is 6.80. The molecule has 7 heteroatoms. The van der Waals surface area contributed by atoms with Gasteiger partial charge in [-0.2, -0.15) is 18.4 Å². The number of nitrogens with one attached hydrogen (secondary N) is 1. The van der Waals surface area contributed by atoms with Crippen LogP contribution in [0.1, 0.15) is 36.9 Å². The maximum Gasteiger partial charge on any atom is 0.433 e. The highest BCUT2D eigenvalue weighted by Gasteiger charge is 2.33. The molecule has 0 saturated heterocycles. The Morgan fingerprint density at radius 2 is 2.14 bits per heavy atom. The number of hydrogen-bond donors (Lipinski definition) is 2. The number of aliphatic hydroxyl groups excluding tert-OH is 1. The molecule has 0 aromatic carbocycles. The number of aliphatic hydroxyl groups is 1. The van der Waals surface area contributed by atoms with E-state index in [9.17, 15) is 18.3 Å². The first kappa shape index (κ1) is 15.6. The van der Waals surface area contributed by atoms with Crippen LogP contribution in [0.5, 0.6) is 0 Å². The number of pyridine rings is 1. The highest BCUT2D eigenvalue weighted by Crippen LogP contribution is 2.30. The summed E-state index contributed by atoms with van der Waals surface area (Å²) in [6, 6.07) is 3.75. The summed E-state index contributed by atoms with van der Waals surface area (Å²) in [5, 5.41) is 21.3. The normalized spacial score (nSPS) is 22.6. The van der Waals surface area contributed by atoms with Crippen molar-refractivity contribution in [2.24, 2.45) is 5.92 Å².